The molecule has 39 heavy (non-hydrogen) atoms. The third-order valence-corrected chi connectivity index (χ3v) is 8.56. The number of para-hydroxylation sites is 1. The van der Waals surface area contributed by atoms with E-state index in [1.165, 1.54) is 29.5 Å². The number of fused-ring (bicyclic) bond motifs is 2. The van der Waals surface area contributed by atoms with Gasteiger partial charge in [0.1, 0.15) is 10.0 Å². The Balaban J connectivity index is 1.33. The van der Waals surface area contributed by atoms with E-state index in [-0.39, 0.29) is 18.4 Å². The summed E-state index contributed by atoms with van der Waals surface area (Å²) < 4.78 is 12.1. The van der Waals surface area contributed by atoms with Crippen LogP contribution in [0.15, 0.2) is 72.8 Å². The Hall–Kier alpha value is -4.54. The first-order chi connectivity index (χ1) is 18.9. The molecule has 0 aliphatic carbocycles. The van der Waals surface area contributed by atoms with Crippen LogP contribution in [0.1, 0.15) is 21.6 Å². The second kappa shape index (κ2) is 10.3. The molecule has 1 aliphatic rings. The van der Waals surface area contributed by atoms with Gasteiger partial charge in [0.25, 0.3) is 5.69 Å². The number of amides is 1. The molecule has 6 rings (SSSR count). The lowest BCUT2D eigenvalue weighted by molar-refractivity contribution is -0.384. The van der Waals surface area contributed by atoms with Crippen molar-refractivity contribution in [1.29, 1.82) is 0 Å². The van der Waals surface area contributed by atoms with Crippen LogP contribution in [0.3, 0.4) is 0 Å². The van der Waals surface area contributed by atoms with Crippen LogP contribution in [0.25, 0.3) is 26.9 Å². The van der Waals surface area contributed by atoms with E-state index in [2.05, 4.69) is 12.2 Å². The summed E-state index contributed by atoms with van der Waals surface area (Å²) >= 11 is 3.10. The van der Waals surface area contributed by atoms with E-state index in [1.807, 2.05) is 42.5 Å². The first kappa shape index (κ1) is 24.8. The Kier molecular flexibility index (Phi) is 6.55. The van der Waals surface area contributed by atoms with Gasteiger partial charge in [-0.1, -0.05) is 30.3 Å². The van der Waals surface area contributed by atoms with Gasteiger partial charge in [-0.25, -0.2) is 4.98 Å². The summed E-state index contributed by atoms with van der Waals surface area (Å²) in [5.74, 6) is 1.13. The minimum Gasteiger partial charge on any atom is -0.454 e. The van der Waals surface area contributed by atoms with Crippen LogP contribution in [0.4, 0.5) is 10.7 Å². The minimum absolute atomic E-state index is 0.0299. The quantitative estimate of drug-likeness (QED) is 0.129. The van der Waals surface area contributed by atoms with Crippen molar-refractivity contribution in [1.82, 2.24) is 4.98 Å². The Morgan fingerprint density at radius 1 is 1.08 bits per heavy atom. The summed E-state index contributed by atoms with van der Waals surface area (Å²) in [7, 11) is 0. The van der Waals surface area contributed by atoms with Crippen LogP contribution in [0.5, 0.6) is 11.5 Å². The number of rotatable bonds is 7. The lowest BCUT2D eigenvalue weighted by Gasteiger charge is -2.04. The van der Waals surface area contributed by atoms with Gasteiger partial charge in [-0.15, -0.1) is 22.7 Å². The topological polar surface area (TPSA) is 104 Å². The zero-order valence-corrected chi connectivity index (χ0v) is 22.3. The number of thiazole rings is 1. The van der Waals surface area contributed by atoms with E-state index >= 15 is 0 Å². The molecule has 1 aliphatic heterocycles. The number of hydrogen-bond acceptors (Lipinski definition) is 8. The Labute approximate surface area is 231 Å². The molecule has 0 bridgehead atoms. The van der Waals surface area contributed by atoms with Gasteiger partial charge in [0, 0.05) is 35.1 Å². The number of hydrogen-bond donors (Lipinski definition) is 1. The fourth-order valence-corrected chi connectivity index (χ4v) is 6.74. The maximum absolute atomic E-state index is 13.0. The molecule has 194 valence electrons. The fourth-order valence-electron chi connectivity index (χ4n) is 4.36. The number of nitrogens with zero attached hydrogens (tertiary/aromatic N) is 2. The molecule has 0 spiro atoms. The molecule has 2 aromatic heterocycles. The van der Waals surface area contributed by atoms with Crippen LogP contribution in [-0.2, 0) is 11.2 Å². The van der Waals surface area contributed by atoms with Crippen LogP contribution in [-0.4, -0.2) is 22.6 Å². The van der Waals surface area contributed by atoms with Crippen molar-refractivity contribution in [3.8, 4) is 22.1 Å². The Morgan fingerprint density at radius 3 is 2.77 bits per heavy atom. The SMILES string of the molecule is Cc1c(Cc2ccc3c(c2)OCO3)sc(NC(=O)/C=C/c2cccc([N+](=O)[O-])c2)c1-c1nc2ccccc2s1. The molecule has 1 amide bonds. The molecular weight excluding hydrogens is 534 g/mol. The highest BCUT2D eigenvalue weighted by molar-refractivity contribution is 7.23. The largest absolute Gasteiger partial charge is 0.454 e. The Morgan fingerprint density at radius 2 is 1.92 bits per heavy atom. The van der Waals surface area contributed by atoms with Gasteiger partial charge in [0.2, 0.25) is 12.7 Å². The fraction of sp³-hybridized carbons (Fsp3) is 0.103. The van der Waals surface area contributed by atoms with Crippen molar-refractivity contribution < 1.29 is 19.2 Å². The van der Waals surface area contributed by atoms with Crippen molar-refractivity contribution in [3.05, 3.63) is 104 Å². The normalized spacial score (nSPS) is 12.3. The van der Waals surface area contributed by atoms with Crippen molar-refractivity contribution >= 4 is 55.6 Å². The van der Waals surface area contributed by atoms with E-state index in [9.17, 15) is 14.9 Å². The molecule has 5 aromatic rings. The van der Waals surface area contributed by atoms with E-state index in [0.717, 1.165) is 48.3 Å². The zero-order valence-electron chi connectivity index (χ0n) is 20.7. The number of benzene rings is 3. The summed E-state index contributed by atoms with van der Waals surface area (Å²) in [5.41, 5.74) is 4.46. The molecular formula is C29H21N3O5S2. The second-order valence-corrected chi connectivity index (χ2v) is 11.0. The highest BCUT2D eigenvalue weighted by Crippen LogP contribution is 2.44. The van der Waals surface area contributed by atoms with Gasteiger partial charge in [0.05, 0.1) is 15.1 Å². The van der Waals surface area contributed by atoms with Crippen LogP contribution in [0.2, 0.25) is 0 Å². The molecule has 3 aromatic carbocycles. The number of anilines is 1. The summed E-state index contributed by atoms with van der Waals surface area (Å²) in [6, 6.07) is 20.0. The average Bonchev–Trinajstić information content (AvgIpc) is 3.64. The molecule has 0 saturated heterocycles. The smallest absolute Gasteiger partial charge is 0.270 e. The molecule has 3 heterocycles. The third-order valence-electron chi connectivity index (χ3n) is 6.30. The number of nitrogens with one attached hydrogen (secondary N) is 1. The molecule has 1 N–H and O–H groups in total. The monoisotopic (exact) mass is 555 g/mol. The number of thiophene rings is 1. The molecule has 0 radical (unpaired) electrons. The number of carbonyl (C=O) groups is 1. The predicted octanol–water partition coefficient (Wildman–Crippen LogP) is 7.21. The Bertz CT molecular complexity index is 1740. The maximum Gasteiger partial charge on any atom is 0.270 e. The molecule has 10 heteroatoms. The van der Waals surface area contributed by atoms with Gasteiger partial charge >= 0.3 is 0 Å². The number of non-ortho nitro benzene ring substituents is 1. The summed E-state index contributed by atoms with van der Waals surface area (Å²) in [6.07, 6.45) is 3.60. The molecule has 8 nitrogen and oxygen atoms in total. The number of nitro benzene ring substituents is 1. The van der Waals surface area contributed by atoms with E-state index in [4.69, 9.17) is 14.5 Å². The summed E-state index contributed by atoms with van der Waals surface area (Å²) in [4.78, 5) is 29.6. The van der Waals surface area contributed by atoms with Gasteiger partial charge in [0.15, 0.2) is 11.5 Å². The number of aromatic nitrogens is 1. The van der Waals surface area contributed by atoms with Crippen molar-refractivity contribution in [3.63, 3.8) is 0 Å². The predicted molar refractivity (Wildman–Crippen MR) is 154 cm³/mol. The van der Waals surface area contributed by atoms with Crippen LogP contribution in [0, 0.1) is 17.0 Å². The standard InChI is InChI=1S/C29H21N3O5S2/c1-17-25(15-19-9-11-22-23(14-19)37-16-36-22)39-29(27(17)28-30-21-7-2-3-8-24(21)38-28)31-26(33)12-10-18-5-4-6-20(13-18)32(34)35/h2-14H,15-16H2,1H3,(H,31,33)/b12-10+. The van der Waals surface area contributed by atoms with Crippen molar-refractivity contribution in [2.24, 2.45) is 0 Å². The van der Waals surface area contributed by atoms with E-state index in [0.29, 0.717) is 17.0 Å². The first-order valence-electron chi connectivity index (χ1n) is 12.0. The van der Waals surface area contributed by atoms with Crippen LogP contribution < -0.4 is 14.8 Å². The molecule has 0 fully saturated rings. The average molecular weight is 556 g/mol. The highest BCUT2D eigenvalue weighted by atomic mass is 32.1. The minimum atomic E-state index is -0.461. The van der Waals surface area contributed by atoms with Gasteiger partial charge in [-0.2, -0.15) is 0 Å². The number of carbonyl (C=O) groups excluding carboxylic acids is 1. The molecule has 0 unspecified atom stereocenters. The first-order valence-corrected chi connectivity index (χ1v) is 13.7. The summed E-state index contributed by atoms with van der Waals surface area (Å²) in [6.45, 7) is 2.27. The number of nitro groups is 1. The zero-order chi connectivity index (χ0) is 26.9. The van der Waals surface area contributed by atoms with E-state index in [1.54, 1.807) is 29.5 Å². The number of ether oxygens (including phenoxy) is 2. The highest BCUT2D eigenvalue weighted by Gasteiger charge is 2.22. The van der Waals surface area contributed by atoms with Gasteiger partial charge in [-0.05, 0) is 54.0 Å². The van der Waals surface area contributed by atoms with Gasteiger partial charge < -0.3 is 14.8 Å². The van der Waals surface area contributed by atoms with Crippen molar-refractivity contribution in [2.75, 3.05) is 12.1 Å². The van der Waals surface area contributed by atoms with Crippen molar-refractivity contribution in [2.45, 2.75) is 13.3 Å². The maximum atomic E-state index is 13.0. The van der Waals surface area contributed by atoms with Gasteiger partial charge in [-0.3, -0.25) is 14.9 Å². The van der Waals surface area contributed by atoms with E-state index < -0.39 is 4.92 Å². The molecule has 0 saturated carbocycles. The third kappa shape index (κ3) is 5.12. The lowest BCUT2D eigenvalue weighted by atomic mass is 10.1. The lowest BCUT2D eigenvalue weighted by Crippen LogP contribution is -2.07. The second-order valence-electron chi connectivity index (χ2n) is 8.88. The summed E-state index contributed by atoms with van der Waals surface area (Å²) in [5, 5.41) is 15.6. The van der Waals surface area contributed by atoms with Crippen LogP contribution >= 0.6 is 22.7 Å². The molecule has 0 atom stereocenters.